The number of alkyl halides is 3. The molecule has 1 aromatic carbocycles. The second kappa shape index (κ2) is 8.12. The molecule has 0 aliphatic carbocycles. The zero-order chi connectivity index (χ0) is 19.5. The summed E-state index contributed by atoms with van der Waals surface area (Å²) in [7, 11) is -0.498. The van der Waals surface area contributed by atoms with Crippen molar-refractivity contribution < 1.29 is 21.6 Å². The van der Waals surface area contributed by atoms with E-state index in [-0.39, 0.29) is 18.0 Å². The van der Waals surface area contributed by atoms with Gasteiger partial charge in [-0.2, -0.15) is 13.2 Å². The molecular weight excluding hydrogens is 369 g/mol. The molecule has 2 N–H and O–H groups in total. The number of sulfonamides is 1. The molecule has 6 nitrogen and oxygen atoms in total. The van der Waals surface area contributed by atoms with Crippen molar-refractivity contribution in [1.82, 2.24) is 14.9 Å². The lowest BCUT2D eigenvalue weighted by Gasteiger charge is -2.35. The summed E-state index contributed by atoms with van der Waals surface area (Å²) in [6.07, 6.45) is -4.51. The highest BCUT2D eigenvalue weighted by molar-refractivity contribution is 7.89. The van der Waals surface area contributed by atoms with Gasteiger partial charge in [-0.15, -0.1) is 0 Å². The predicted octanol–water partition coefficient (Wildman–Crippen LogP) is 1.18. The number of hydrogen-bond donors (Lipinski definition) is 2. The van der Waals surface area contributed by atoms with E-state index in [0.29, 0.717) is 18.8 Å². The first-order chi connectivity index (χ1) is 12.0. The van der Waals surface area contributed by atoms with Crippen molar-refractivity contribution >= 4 is 15.7 Å². The monoisotopic (exact) mass is 394 g/mol. The Morgan fingerprint density at radius 2 is 1.88 bits per heavy atom. The van der Waals surface area contributed by atoms with Crippen LogP contribution in [0.15, 0.2) is 23.1 Å². The molecule has 26 heavy (non-hydrogen) atoms. The van der Waals surface area contributed by atoms with Crippen molar-refractivity contribution in [3.63, 3.8) is 0 Å². The molecule has 1 saturated heterocycles. The van der Waals surface area contributed by atoms with Crippen LogP contribution < -0.4 is 14.9 Å². The van der Waals surface area contributed by atoms with E-state index < -0.39 is 28.8 Å². The first-order valence-corrected chi connectivity index (χ1v) is 9.80. The number of hydrogen-bond acceptors (Lipinski definition) is 5. The van der Waals surface area contributed by atoms with Gasteiger partial charge in [-0.25, -0.2) is 13.1 Å². The molecule has 148 valence electrons. The van der Waals surface area contributed by atoms with Gasteiger partial charge in [0.1, 0.15) is 6.04 Å². The fourth-order valence-electron chi connectivity index (χ4n) is 2.96. The van der Waals surface area contributed by atoms with Crippen LogP contribution in [0.5, 0.6) is 0 Å². The van der Waals surface area contributed by atoms with Gasteiger partial charge >= 0.3 is 6.18 Å². The topological polar surface area (TPSA) is 64.7 Å². The van der Waals surface area contributed by atoms with Gasteiger partial charge < -0.3 is 10.2 Å². The number of aryl methyl sites for hydroxylation is 1. The molecule has 0 spiro atoms. The standard InChI is InChI=1S/C16H25F3N4O2S/c1-12-4-5-13(10-14(12)22(2)3)26(24,25)21-11-15(16(17,18)19)23-8-6-20-7-9-23/h4-5,10,15,20-21H,6-9,11H2,1-3H3. The van der Waals surface area contributed by atoms with E-state index in [1.54, 1.807) is 25.1 Å². The molecule has 10 heteroatoms. The van der Waals surface area contributed by atoms with Crippen LogP contribution >= 0.6 is 0 Å². The zero-order valence-corrected chi connectivity index (χ0v) is 15.9. The second-order valence-electron chi connectivity index (χ2n) is 6.54. The van der Waals surface area contributed by atoms with E-state index in [0.717, 1.165) is 5.56 Å². The molecule has 0 bridgehead atoms. The first kappa shape index (κ1) is 20.9. The third-order valence-electron chi connectivity index (χ3n) is 4.41. The average Bonchev–Trinajstić information content (AvgIpc) is 2.54. The van der Waals surface area contributed by atoms with Gasteiger partial charge in [-0.3, -0.25) is 4.90 Å². The Morgan fingerprint density at radius 1 is 1.27 bits per heavy atom. The minimum atomic E-state index is -4.51. The van der Waals surface area contributed by atoms with Gasteiger partial charge in [0.2, 0.25) is 10.0 Å². The fourth-order valence-corrected chi connectivity index (χ4v) is 4.01. The number of nitrogens with zero attached hydrogens (tertiary/aromatic N) is 2. The lowest BCUT2D eigenvalue weighted by atomic mass is 10.2. The molecular formula is C16H25F3N4O2S. The SMILES string of the molecule is Cc1ccc(S(=O)(=O)NCC(N2CCNCC2)C(F)(F)F)cc1N(C)C. The number of piperazine rings is 1. The summed E-state index contributed by atoms with van der Waals surface area (Å²) in [6, 6.07) is 2.66. The molecule has 1 heterocycles. The highest BCUT2D eigenvalue weighted by atomic mass is 32.2. The maximum Gasteiger partial charge on any atom is 0.405 e. The van der Waals surface area contributed by atoms with Gasteiger partial charge in [0, 0.05) is 52.5 Å². The van der Waals surface area contributed by atoms with Crippen LogP contribution in [-0.2, 0) is 10.0 Å². The minimum Gasteiger partial charge on any atom is -0.377 e. The van der Waals surface area contributed by atoms with E-state index in [2.05, 4.69) is 10.0 Å². The van der Waals surface area contributed by atoms with E-state index in [1.165, 1.54) is 17.0 Å². The van der Waals surface area contributed by atoms with Crippen molar-refractivity contribution in [1.29, 1.82) is 0 Å². The molecule has 2 rings (SSSR count). The summed E-state index contributed by atoms with van der Waals surface area (Å²) in [5.41, 5.74) is 1.57. The Bertz CT molecular complexity index is 717. The Kier molecular flexibility index (Phi) is 6.54. The van der Waals surface area contributed by atoms with Crippen molar-refractivity contribution in [2.75, 3.05) is 51.7 Å². The van der Waals surface area contributed by atoms with Crippen molar-refractivity contribution in [3.8, 4) is 0 Å². The summed E-state index contributed by atoms with van der Waals surface area (Å²) in [6.45, 7) is 2.47. The number of nitrogens with one attached hydrogen (secondary N) is 2. The first-order valence-electron chi connectivity index (χ1n) is 8.31. The highest BCUT2D eigenvalue weighted by Gasteiger charge is 2.44. The third-order valence-corrected chi connectivity index (χ3v) is 5.83. The molecule has 1 fully saturated rings. The van der Waals surface area contributed by atoms with Gasteiger partial charge in [0.15, 0.2) is 0 Å². The van der Waals surface area contributed by atoms with Crippen LogP contribution in [0.1, 0.15) is 5.56 Å². The third kappa shape index (κ3) is 5.09. The summed E-state index contributed by atoms with van der Waals surface area (Å²) in [5.74, 6) is 0. The van der Waals surface area contributed by atoms with Crippen molar-refractivity contribution in [2.24, 2.45) is 0 Å². The van der Waals surface area contributed by atoms with Crippen LogP contribution in [0.25, 0.3) is 0 Å². The summed E-state index contributed by atoms with van der Waals surface area (Å²) >= 11 is 0. The van der Waals surface area contributed by atoms with Gasteiger partial charge in [-0.05, 0) is 24.6 Å². The molecule has 0 aromatic heterocycles. The van der Waals surface area contributed by atoms with Crippen LogP contribution in [0.4, 0.5) is 18.9 Å². The quantitative estimate of drug-likeness (QED) is 0.759. The summed E-state index contributed by atoms with van der Waals surface area (Å²) in [5, 5.41) is 2.99. The molecule has 1 aromatic rings. The number of rotatable bonds is 6. The summed E-state index contributed by atoms with van der Waals surface area (Å²) in [4.78, 5) is 2.97. The molecule has 1 aliphatic rings. The lowest BCUT2D eigenvalue weighted by molar-refractivity contribution is -0.182. The summed E-state index contributed by atoms with van der Waals surface area (Å²) < 4.78 is 67.4. The number of benzene rings is 1. The number of halogens is 3. The van der Waals surface area contributed by atoms with E-state index >= 15 is 0 Å². The van der Waals surface area contributed by atoms with E-state index in [1.807, 2.05) is 6.92 Å². The molecule has 1 unspecified atom stereocenters. The van der Waals surface area contributed by atoms with Crippen molar-refractivity contribution in [2.45, 2.75) is 24.0 Å². The van der Waals surface area contributed by atoms with E-state index in [4.69, 9.17) is 0 Å². The Labute approximate surface area is 152 Å². The average molecular weight is 394 g/mol. The van der Waals surface area contributed by atoms with Gasteiger partial charge in [-0.1, -0.05) is 6.07 Å². The minimum absolute atomic E-state index is 0.0481. The molecule has 1 atom stereocenters. The molecule has 0 amide bonds. The Hall–Kier alpha value is -1.36. The van der Waals surface area contributed by atoms with Crippen LogP contribution in [0, 0.1) is 6.92 Å². The molecule has 1 aliphatic heterocycles. The maximum absolute atomic E-state index is 13.4. The number of anilines is 1. The lowest BCUT2D eigenvalue weighted by Crippen LogP contribution is -2.57. The Morgan fingerprint density at radius 3 is 2.42 bits per heavy atom. The molecule has 0 radical (unpaired) electrons. The fraction of sp³-hybridized carbons (Fsp3) is 0.625. The van der Waals surface area contributed by atoms with Crippen LogP contribution in [0.3, 0.4) is 0 Å². The van der Waals surface area contributed by atoms with Crippen molar-refractivity contribution in [3.05, 3.63) is 23.8 Å². The van der Waals surface area contributed by atoms with Crippen LogP contribution in [0.2, 0.25) is 0 Å². The van der Waals surface area contributed by atoms with Gasteiger partial charge in [0.25, 0.3) is 0 Å². The highest BCUT2D eigenvalue weighted by Crippen LogP contribution is 2.26. The van der Waals surface area contributed by atoms with E-state index in [9.17, 15) is 21.6 Å². The Balaban J connectivity index is 2.18. The van der Waals surface area contributed by atoms with Gasteiger partial charge in [0.05, 0.1) is 4.90 Å². The largest absolute Gasteiger partial charge is 0.405 e. The smallest absolute Gasteiger partial charge is 0.377 e. The normalized spacial score (nSPS) is 17.9. The van der Waals surface area contributed by atoms with Crippen LogP contribution in [-0.4, -0.2) is 72.4 Å². The molecule has 0 saturated carbocycles. The maximum atomic E-state index is 13.4. The second-order valence-corrected chi connectivity index (χ2v) is 8.30. The zero-order valence-electron chi connectivity index (χ0n) is 15.1. The predicted molar refractivity (Wildman–Crippen MR) is 95.0 cm³/mol.